The molecule has 11 heteroatoms. The molecule has 1 aromatic heterocycles. The van der Waals surface area contributed by atoms with Gasteiger partial charge < -0.3 is 9.15 Å². The van der Waals surface area contributed by atoms with E-state index >= 15 is 0 Å². The number of carbonyl (C=O) groups is 1. The van der Waals surface area contributed by atoms with Crippen molar-refractivity contribution < 1.29 is 32.0 Å². The van der Waals surface area contributed by atoms with Gasteiger partial charge in [0.25, 0.3) is 5.69 Å². The molecule has 152 valence electrons. The number of esters is 1. The van der Waals surface area contributed by atoms with Crippen LogP contribution in [0.2, 0.25) is 0 Å². The van der Waals surface area contributed by atoms with E-state index in [9.17, 15) is 32.9 Å². The number of fused-ring (bicyclic) bond motifs is 1. The van der Waals surface area contributed by atoms with E-state index in [0.717, 1.165) is 18.2 Å². The molecule has 8 nitrogen and oxygen atoms in total. The summed E-state index contributed by atoms with van der Waals surface area (Å²) in [4.78, 5) is 34.0. The van der Waals surface area contributed by atoms with Gasteiger partial charge in [0, 0.05) is 19.0 Å². The van der Waals surface area contributed by atoms with Crippen molar-refractivity contribution in [2.24, 2.45) is 0 Å². The lowest BCUT2D eigenvalue weighted by atomic mass is 10.2. The monoisotopic (exact) mass is 410 g/mol. The molecule has 0 amide bonds. The summed E-state index contributed by atoms with van der Waals surface area (Å²) in [5.41, 5.74) is -0.987. The molecule has 3 aromatic rings. The predicted octanol–water partition coefficient (Wildman–Crippen LogP) is 3.91. The van der Waals surface area contributed by atoms with Crippen molar-refractivity contribution in [2.45, 2.75) is 25.6 Å². The number of para-hydroxylation sites is 1. The Kier molecular flexibility index (Phi) is 5.39. The van der Waals surface area contributed by atoms with E-state index in [2.05, 4.69) is 0 Å². The lowest BCUT2D eigenvalue weighted by Gasteiger charge is -2.12. The van der Waals surface area contributed by atoms with Gasteiger partial charge in [0.05, 0.1) is 22.1 Å². The van der Waals surface area contributed by atoms with Crippen molar-refractivity contribution in [1.29, 1.82) is 0 Å². The van der Waals surface area contributed by atoms with E-state index < -0.39 is 34.1 Å². The molecule has 0 radical (unpaired) electrons. The SMILES string of the molecule is O=C(CCCn1c(=O)oc2cc([N+](=O)[O-])ccc21)Oc1ccccc1C(F)(F)F. The van der Waals surface area contributed by atoms with Crippen LogP contribution in [-0.2, 0) is 17.5 Å². The fourth-order valence-electron chi connectivity index (χ4n) is 2.73. The Morgan fingerprint density at radius 3 is 2.62 bits per heavy atom. The highest BCUT2D eigenvalue weighted by atomic mass is 19.4. The number of alkyl halides is 3. The van der Waals surface area contributed by atoms with Gasteiger partial charge in [-0.2, -0.15) is 13.2 Å². The van der Waals surface area contributed by atoms with Crippen LogP contribution in [-0.4, -0.2) is 15.5 Å². The van der Waals surface area contributed by atoms with Crippen molar-refractivity contribution in [3.8, 4) is 5.75 Å². The summed E-state index contributed by atoms with van der Waals surface area (Å²) >= 11 is 0. The average molecular weight is 410 g/mol. The van der Waals surface area contributed by atoms with Crippen molar-refractivity contribution >= 4 is 22.8 Å². The summed E-state index contributed by atoms with van der Waals surface area (Å²) in [6, 6.07) is 8.00. The van der Waals surface area contributed by atoms with E-state index in [1.54, 1.807) is 0 Å². The molecule has 0 spiro atoms. The topological polar surface area (TPSA) is 105 Å². The Bertz CT molecular complexity index is 1130. The lowest BCUT2D eigenvalue weighted by molar-refractivity contribution is -0.384. The number of carbonyl (C=O) groups excluding carboxylic acids is 1. The first-order chi connectivity index (χ1) is 13.7. The average Bonchev–Trinajstić information content (AvgIpc) is 2.96. The fraction of sp³-hybridized carbons (Fsp3) is 0.222. The van der Waals surface area contributed by atoms with Crippen LogP contribution in [0.5, 0.6) is 5.75 Å². The molecule has 0 N–H and O–H groups in total. The van der Waals surface area contributed by atoms with Gasteiger partial charge in [-0.15, -0.1) is 0 Å². The van der Waals surface area contributed by atoms with Gasteiger partial charge in [0.1, 0.15) is 5.75 Å². The molecule has 0 aliphatic rings. The largest absolute Gasteiger partial charge is 0.426 e. The maximum Gasteiger partial charge on any atom is 0.419 e. The number of rotatable bonds is 6. The zero-order valence-electron chi connectivity index (χ0n) is 14.6. The molecule has 1 heterocycles. The first-order valence-corrected chi connectivity index (χ1v) is 8.31. The lowest BCUT2D eigenvalue weighted by Crippen LogP contribution is -2.17. The second-order valence-electron chi connectivity index (χ2n) is 6.00. The third-order valence-corrected chi connectivity index (χ3v) is 4.04. The highest BCUT2D eigenvalue weighted by Crippen LogP contribution is 2.36. The third-order valence-electron chi connectivity index (χ3n) is 4.04. The number of halogens is 3. The Hall–Kier alpha value is -3.63. The summed E-state index contributed by atoms with van der Waals surface area (Å²) in [5, 5.41) is 10.8. The number of ether oxygens (including phenoxy) is 1. The number of oxazole rings is 1. The number of hydrogen-bond donors (Lipinski definition) is 0. The molecule has 0 unspecified atom stereocenters. The van der Waals surface area contributed by atoms with Gasteiger partial charge >= 0.3 is 17.9 Å². The van der Waals surface area contributed by atoms with Crippen LogP contribution in [0, 0.1) is 10.1 Å². The zero-order chi connectivity index (χ0) is 21.2. The Morgan fingerprint density at radius 1 is 1.21 bits per heavy atom. The van der Waals surface area contributed by atoms with Gasteiger partial charge in [-0.3, -0.25) is 19.5 Å². The Labute approximate surface area is 160 Å². The summed E-state index contributed by atoms with van der Waals surface area (Å²) in [5.74, 6) is -2.25. The van der Waals surface area contributed by atoms with E-state index in [1.165, 1.54) is 28.8 Å². The molecule has 0 saturated heterocycles. The minimum Gasteiger partial charge on any atom is -0.426 e. The minimum absolute atomic E-state index is 0.0136. The van der Waals surface area contributed by atoms with Crippen LogP contribution in [0.4, 0.5) is 18.9 Å². The number of nitro benzene ring substituents is 1. The number of aromatic nitrogens is 1. The summed E-state index contributed by atoms with van der Waals surface area (Å²) in [6.45, 7) is 0.0136. The molecule has 0 aliphatic carbocycles. The second-order valence-corrected chi connectivity index (χ2v) is 6.00. The van der Waals surface area contributed by atoms with Crippen LogP contribution in [0.1, 0.15) is 18.4 Å². The molecule has 0 saturated carbocycles. The van der Waals surface area contributed by atoms with Crippen molar-refractivity contribution in [1.82, 2.24) is 4.57 Å². The van der Waals surface area contributed by atoms with E-state index in [4.69, 9.17) is 9.15 Å². The second kappa shape index (κ2) is 7.78. The van der Waals surface area contributed by atoms with Crippen LogP contribution in [0.3, 0.4) is 0 Å². The Morgan fingerprint density at radius 2 is 1.93 bits per heavy atom. The van der Waals surface area contributed by atoms with Gasteiger partial charge in [0.15, 0.2) is 5.58 Å². The molecular weight excluding hydrogens is 397 g/mol. The quantitative estimate of drug-likeness (QED) is 0.264. The molecule has 3 rings (SSSR count). The summed E-state index contributed by atoms with van der Waals surface area (Å²) in [6.07, 6.45) is -4.83. The number of nitro groups is 1. The molecule has 29 heavy (non-hydrogen) atoms. The summed E-state index contributed by atoms with van der Waals surface area (Å²) in [7, 11) is 0. The minimum atomic E-state index is -4.66. The number of aryl methyl sites for hydroxylation is 1. The molecule has 2 aromatic carbocycles. The van der Waals surface area contributed by atoms with Crippen LogP contribution in [0.15, 0.2) is 51.7 Å². The number of hydrogen-bond acceptors (Lipinski definition) is 6. The molecule has 0 atom stereocenters. The first kappa shape index (κ1) is 20.1. The molecule has 0 bridgehead atoms. The van der Waals surface area contributed by atoms with Crippen molar-refractivity contribution in [3.63, 3.8) is 0 Å². The van der Waals surface area contributed by atoms with Gasteiger partial charge in [-0.25, -0.2) is 4.79 Å². The van der Waals surface area contributed by atoms with E-state index in [1.807, 2.05) is 0 Å². The third kappa shape index (κ3) is 4.45. The van der Waals surface area contributed by atoms with E-state index in [0.29, 0.717) is 5.52 Å². The molecule has 0 aliphatic heterocycles. The smallest absolute Gasteiger partial charge is 0.419 e. The van der Waals surface area contributed by atoms with Crippen LogP contribution >= 0.6 is 0 Å². The van der Waals surface area contributed by atoms with Crippen molar-refractivity contribution in [3.05, 3.63) is 68.7 Å². The molecular formula is C18H13F3N2O6. The van der Waals surface area contributed by atoms with Crippen molar-refractivity contribution in [2.75, 3.05) is 0 Å². The summed E-state index contributed by atoms with van der Waals surface area (Å²) < 4.78 is 49.7. The first-order valence-electron chi connectivity index (χ1n) is 8.31. The predicted molar refractivity (Wildman–Crippen MR) is 93.4 cm³/mol. The number of non-ortho nitro benzene ring substituents is 1. The highest BCUT2D eigenvalue weighted by Gasteiger charge is 2.34. The van der Waals surface area contributed by atoms with Gasteiger partial charge in [0.2, 0.25) is 0 Å². The molecule has 0 fully saturated rings. The standard InChI is InChI=1S/C18H13F3N2O6/c19-18(20,21)12-4-1-2-5-14(12)28-16(24)6-3-9-22-13-8-7-11(23(26)27)10-15(13)29-17(22)25/h1-2,4-5,7-8,10H,3,6,9H2. The maximum absolute atomic E-state index is 12.9. The van der Waals surface area contributed by atoms with Gasteiger partial charge in [-0.05, 0) is 24.6 Å². The number of benzene rings is 2. The maximum atomic E-state index is 12.9. The van der Waals surface area contributed by atoms with E-state index in [-0.39, 0.29) is 30.7 Å². The Balaban J connectivity index is 1.66. The highest BCUT2D eigenvalue weighted by molar-refractivity contribution is 5.76. The zero-order valence-corrected chi connectivity index (χ0v) is 14.6. The van der Waals surface area contributed by atoms with Crippen LogP contribution in [0.25, 0.3) is 11.1 Å². The normalized spacial score (nSPS) is 11.6. The van der Waals surface area contributed by atoms with Crippen LogP contribution < -0.4 is 10.5 Å². The fourth-order valence-corrected chi connectivity index (χ4v) is 2.73. The number of nitrogens with zero attached hydrogens (tertiary/aromatic N) is 2. The van der Waals surface area contributed by atoms with Gasteiger partial charge in [-0.1, -0.05) is 12.1 Å².